The van der Waals surface area contributed by atoms with Crippen LogP contribution in [0.2, 0.25) is 0 Å². The van der Waals surface area contributed by atoms with Gasteiger partial charge in [-0.3, -0.25) is 9.98 Å². The van der Waals surface area contributed by atoms with Crippen LogP contribution in [0.4, 0.5) is 0 Å². The molecule has 1 aromatic rings. The molecule has 2 atom stereocenters. The summed E-state index contributed by atoms with van der Waals surface area (Å²) in [5.74, 6) is 1.91. The van der Waals surface area contributed by atoms with Crippen molar-refractivity contribution in [2.45, 2.75) is 79.2 Å². The Morgan fingerprint density at radius 1 is 1.28 bits per heavy atom. The summed E-state index contributed by atoms with van der Waals surface area (Å²) in [6.07, 6.45) is 12.4. The maximum absolute atomic E-state index is 6.21. The average Bonchev–Trinajstić information content (AvgIpc) is 3.29. The van der Waals surface area contributed by atoms with Crippen LogP contribution < -0.4 is 16.4 Å². The quantitative estimate of drug-likeness (QED) is 0.423. The van der Waals surface area contributed by atoms with Crippen LogP contribution in [0.25, 0.3) is 5.57 Å². The molecule has 0 aliphatic carbocycles. The molecule has 9 heteroatoms. The Bertz CT molecular complexity index is 952. The van der Waals surface area contributed by atoms with Crippen molar-refractivity contribution < 1.29 is 0 Å². The zero-order valence-corrected chi connectivity index (χ0v) is 23.2. The lowest BCUT2D eigenvalue weighted by atomic mass is 9.93. The Hall–Kier alpha value is -2.81. The summed E-state index contributed by atoms with van der Waals surface area (Å²) in [6, 6.07) is 0.282. The summed E-state index contributed by atoms with van der Waals surface area (Å²) in [4.78, 5) is 11.3. The first kappa shape index (κ1) is 29.4. The van der Waals surface area contributed by atoms with Crippen LogP contribution in [0.3, 0.4) is 0 Å². The first-order chi connectivity index (χ1) is 17.4. The van der Waals surface area contributed by atoms with Crippen molar-refractivity contribution in [3.05, 3.63) is 35.3 Å². The van der Waals surface area contributed by atoms with E-state index in [0.29, 0.717) is 18.9 Å². The number of hydrogen-bond donors (Lipinski definition) is 3. The highest BCUT2D eigenvalue weighted by atomic mass is 15.6. The second-order valence-electron chi connectivity index (χ2n) is 9.51. The van der Waals surface area contributed by atoms with Gasteiger partial charge in [0.1, 0.15) is 0 Å². The third-order valence-corrected chi connectivity index (χ3v) is 6.27. The van der Waals surface area contributed by atoms with E-state index in [1.54, 1.807) is 7.05 Å². The Morgan fingerprint density at radius 3 is 2.75 bits per heavy atom. The Balaban J connectivity index is 2.32. The average molecular weight is 498 g/mol. The molecule has 2 heterocycles. The fourth-order valence-electron chi connectivity index (χ4n) is 4.23. The third-order valence-electron chi connectivity index (χ3n) is 6.27. The standard InChI is InChI=1S/C27H47N9/c1-7-11-22(28)13-10-14-31-26-18-20(4)24(12-8-2)25(17-21(5)27-33-35-36(6)34-27)30-16-15-29-23(9-3)19-32-26/h8,12,17,20,22,30H,7,9-11,13-16,18-19,28H2,1-6H3,(H,31,32)/b12-8-,21-17+,25-24-,29-23?/t20?,22-/m1/s1. The molecule has 0 fully saturated rings. The molecule has 1 aliphatic heterocycles. The number of nitrogens with one attached hydrogen (secondary N) is 2. The van der Waals surface area contributed by atoms with Crippen molar-refractivity contribution in [1.82, 2.24) is 30.8 Å². The second kappa shape index (κ2) is 16.0. The molecule has 36 heavy (non-hydrogen) atoms. The summed E-state index contributed by atoms with van der Waals surface area (Å²) in [5, 5.41) is 19.8. The van der Waals surface area contributed by atoms with Gasteiger partial charge in [0.2, 0.25) is 5.82 Å². The predicted octanol–water partition coefficient (Wildman–Crippen LogP) is 3.82. The zero-order chi connectivity index (χ0) is 26.3. The number of aliphatic imine (C=N–C) groups is 2. The highest BCUT2D eigenvalue weighted by Gasteiger charge is 2.16. The number of tetrazole rings is 1. The fourth-order valence-corrected chi connectivity index (χ4v) is 4.23. The molecule has 0 amide bonds. The van der Waals surface area contributed by atoms with Gasteiger partial charge in [0, 0.05) is 37.0 Å². The van der Waals surface area contributed by atoms with Gasteiger partial charge in [0.15, 0.2) is 0 Å². The first-order valence-electron chi connectivity index (χ1n) is 13.5. The highest BCUT2D eigenvalue weighted by molar-refractivity contribution is 5.90. The molecule has 9 nitrogen and oxygen atoms in total. The van der Waals surface area contributed by atoms with Crippen LogP contribution in [0.15, 0.2) is 39.5 Å². The van der Waals surface area contributed by atoms with Crippen molar-refractivity contribution in [2.75, 3.05) is 26.2 Å². The Morgan fingerprint density at radius 2 is 2.08 bits per heavy atom. The number of rotatable bonds is 10. The molecule has 1 aromatic heterocycles. The van der Waals surface area contributed by atoms with Crippen LogP contribution in [0.5, 0.6) is 0 Å². The summed E-state index contributed by atoms with van der Waals surface area (Å²) in [6.45, 7) is 13.6. The SMILES string of the molecule is C\C=C/C1=C(\C=C(/C)c2nnn(C)n2)NCCN=C(CC)CN=C(NCCC[C@H](N)CCC)CC1C. The van der Waals surface area contributed by atoms with Crippen molar-refractivity contribution in [1.29, 1.82) is 0 Å². The number of aromatic nitrogens is 4. The summed E-state index contributed by atoms with van der Waals surface area (Å²) < 4.78 is 0. The third kappa shape index (κ3) is 10.0. The molecule has 0 aromatic carbocycles. The van der Waals surface area contributed by atoms with Gasteiger partial charge in [-0.05, 0) is 67.9 Å². The summed E-state index contributed by atoms with van der Waals surface area (Å²) in [5.41, 5.74) is 10.6. The number of nitrogens with two attached hydrogens (primary N) is 1. The molecule has 2 rings (SSSR count). The minimum Gasteiger partial charge on any atom is -0.383 e. The molecule has 0 radical (unpaired) electrons. The number of aryl methyl sites for hydroxylation is 1. The van der Waals surface area contributed by atoms with Crippen LogP contribution in [0.1, 0.15) is 79.0 Å². The van der Waals surface area contributed by atoms with E-state index < -0.39 is 0 Å². The lowest BCUT2D eigenvalue weighted by molar-refractivity contribution is 0.535. The van der Waals surface area contributed by atoms with Gasteiger partial charge in [0.25, 0.3) is 0 Å². The highest BCUT2D eigenvalue weighted by Crippen LogP contribution is 2.23. The topological polar surface area (TPSA) is 118 Å². The maximum Gasteiger partial charge on any atom is 0.200 e. The summed E-state index contributed by atoms with van der Waals surface area (Å²) in [7, 11) is 1.78. The van der Waals surface area contributed by atoms with Crippen LogP contribution in [-0.2, 0) is 7.05 Å². The van der Waals surface area contributed by atoms with Crippen molar-refractivity contribution >= 4 is 17.1 Å². The number of amidine groups is 1. The molecule has 0 saturated heterocycles. The molecule has 0 bridgehead atoms. The molecule has 0 spiro atoms. The molecule has 200 valence electrons. The minimum absolute atomic E-state index is 0.248. The van der Waals surface area contributed by atoms with Crippen LogP contribution in [0, 0.1) is 5.92 Å². The van der Waals surface area contributed by atoms with E-state index in [1.165, 1.54) is 10.4 Å². The van der Waals surface area contributed by atoms with E-state index in [2.05, 4.69) is 72.0 Å². The molecule has 4 N–H and O–H groups in total. The maximum atomic E-state index is 6.21. The largest absolute Gasteiger partial charge is 0.383 e. The van der Waals surface area contributed by atoms with Gasteiger partial charge < -0.3 is 16.4 Å². The molecule has 1 unspecified atom stereocenters. The van der Waals surface area contributed by atoms with Gasteiger partial charge in [-0.2, -0.15) is 4.80 Å². The number of allylic oxidation sites excluding steroid dienone is 5. The van der Waals surface area contributed by atoms with E-state index in [9.17, 15) is 0 Å². The van der Waals surface area contributed by atoms with Crippen molar-refractivity contribution in [3.63, 3.8) is 0 Å². The van der Waals surface area contributed by atoms with E-state index in [4.69, 9.17) is 15.7 Å². The monoisotopic (exact) mass is 497 g/mol. The van der Waals surface area contributed by atoms with Crippen molar-refractivity contribution in [2.24, 2.45) is 28.7 Å². The predicted molar refractivity (Wildman–Crippen MR) is 151 cm³/mol. The van der Waals surface area contributed by atoms with E-state index >= 15 is 0 Å². The van der Waals surface area contributed by atoms with E-state index in [-0.39, 0.29) is 12.0 Å². The van der Waals surface area contributed by atoms with Gasteiger partial charge >= 0.3 is 0 Å². The van der Waals surface area contributed by atoms with Crippen LogP contribution in [-0.4, -0.2) is 64.0 Å². The number of nitrogens with zero attached hydrogens (tertiary/aromatic N) is 6. The van der Waals surface area contributed by atoms with E-state index in [0.717, 1.165) is 74.4 Å². The first-order valence-corrected chi connectivity index (χ1v) is 13.5. The molecule has 1 aliphatic rings. The van der Waals surface area contributed by atoms with Gasteiger partial charge in [0.05, 0.1) is 26.0 Å². The van der Waals surface area contributed by atoms with E-state index in [1.807, 2.05) is 6.92 Å². The second-order valence-corrected chi connectivity index (χ2v) is 9.51. The van der Waals surface area contributed by atoms with Crippen molar-refractivity contribution in [3.8, 4) is 0 Å². The fraction of sp³-hybridized carbons (Fsp3) is 0.667. The van der Waals surface area contributed by atoms with Gasteiger partial charge in [-0.25, -0.2) is 0 Å². The van der Waals surface area contributed by atoms with Crippen LogP contribution >= 0.6 is 0 Å². The summed E-state index contributed by atoms with van der Waals surface area (Å²) >= 11 is 0. The lowest BCUT2D eigenvalue weighted by Gasteiger charge is -2.21. The lowest BCUT2D eigenvalue weighted by Crippen LogP contribution is -2.30. The Kier molecular flexibility index (Phi) is 13.1. The van der Waals surface area contributed by atoms with Gasteiger partial charge in [-0.1, -0.05) is 39.3 Å². The number of hydrogen-bond acceptors (Lipinski definition) is 8. The molecule has 0 saturated carbocycles. The smallest absolute Gasteiger partial charge is 0.200 e. The Labute approximate surface area is 217 Å². The zero-order valence-electron chi connectivity index (χ0n) is 23.2. The van der Waals surface area contributed by atoms with Gasteiger partial charge in [-0.15, -0.1) is 10.2 Å². The minimum atomic E-state index is 0.248. The molecular weight excluding hydrogens is 450 g/mol. The molecular formula is C27H47N9. The normalized spacial score (nSPS) is 21.3.